The smallest absolute Gasteiger partial charge is 0.229 e. The Morgan fingerprint density at radius 2 is 1.96 bits per heavy atom. The second-order valence-electron chi connectivity index (χ2n) is 6.02. The number of hydrogen-bond acceptors (Lipinski definition) is 3. The minimum absolute atomic E-state index is 0.0976. The first-order valence-electron chi connectivity index (χ1n) is 8.20. The van der Waals surface area contributed by atoms with Crippen molar-refractivity contribution in [1.29, 1.82) is 0 Å². The fourth-order valence-corrected chi connectivity index (χ4v) is 3.17. The Hall–Kier alpha value is -2.60. The Balaban J connectivity index is 1.85. The fraction of sp³-hybridized carbons (Fsp3) is 0.200. The Labute approximate surface area is 161 Å². The monoisotopic (exact) mass is 413 g/mol. The van der Waals surface area contributed by atoms with E-state index in [1.54, 1.807) is 11.8 Å². The van der Waals surface area contributed by atoms with Crippen LogP contribution in [0.3, 0.4) is 0 Å². The lowest BCUT2D eigenvalue weighted by Gasteiger charge is -2.10. The molecule has 134 valence electrons. The number of hydrogen-bond donors (Lipinski definition) is 1. The SMILES string of the molecule is COc1cccc(CC(=O)Nc2c(-c3ccc(Br)cc3)c(C)nn2C)c1. The molecule has 0 spiro atoms. The van der Waals surface area contributed by atoms with Gasteiger partial charge in [-0.3, -0.25) is 9.48 Å². The predicted molar refractivity (Wildman–Crippen MR) is 106 cm³/mol. The molecule has 6 heteroatoms. The van der Waals surface area contributed by atoms with Crippen LogP contribution in [0.2, 0.25) is 0 Å². The van der Waals surface area contributed by atoms with Crippen LogP contribution >= 0.6 is 15.9 Å². The number of nitrogens with zero attached hydrogens (tertiary/aromatic N) is 2. The van der Waals surface area contributed by atoms with Crippen LogP contribution in [0.5, 0.6) is 5.75 Å². The number of benzene rings is 2. The van der Waals surface area contributed by atoms with Gasteiger partial charge < -0.3 is 10.1 Å². The van der Waals surface area contributed by atoms with Crippen molar-refractivity contribution in [2.24, 2.45) is 7.05 Å². The molecule has 26 heavy (non-hydrogen) atoms. The van der Waals surface area contributed by atoms with Gasteiger partial charge in [0.1, 0.15) is 11.6 Å². The summed E-state index contributed by atoms with van der Waals surface area (Å²) in [5.74, 6) is 1.33. The molecule has 1 heterocycles. The van der Waals surface area contributed by atoms with Gasteiger partial charge in [0.15, 0.2) is 0 Å². The van der Waals surface area contributed by atoms with Crippen LogP contribution in [0.25, 0.3) is 11.1 Å². The summed E-state index contributed by atoms with van der Waals surface area (Å²) in [5.41, 5.74) is 3.70. The number of halogens is 1. The van der Waals surface area contributed by atoms with Gasteiger partial charge in [-0.05, 0) is 42.3 Å². The number of aryl methyl sites for hydroxylation is 2. The quantitative estimate of drug-likeness (QED) is 0.676. The number of carbonyl (C=O) groups is 1. The predicted octanol–water partition coefficient (Wildman–Crippen LogP) is 4.35. The Morgan fingerprint density at radius 3 is 2.65 bits per heavy atom. The highest BCUT2D eigenvalue weighted by Gasteiger charge is 2.17. The van der Waals surface area contributed by atoms with Gasteiger partial charge in [0.05, 0.1) is 19.2 Å². The maximum absolute atomic E-state index is 12.6. The average Bonchev–Trinajstić information content (AvgIpc) is 2.89. The molecule has 0 fully saturated rings. The molecule has 1 amide bonds. The van der Waals surface area contributed by atoms with E-state index in [1.165, 1.54) is 0 Å². The van der Waals surface area contributed by atoms with Crippen molar-refractivity contribution >= 4 is 27.7 Å². The van der Waals surface area contributed by atoms with Gasteiger partial charge in [-0.25, -0.2) is 0 Å². The molecule has 2 aromatic carbocycles. The van der Waals surface area contributed by atoms with Crippen molar-refractivity contribution in [3.05, 3.63) is 64.3 Å². The fourth-order valence-electron chi connectivity index (χ4n) is 2.91. The average molecular weight is 414 g/mol. The summed E-state index contributed by atoms with van der Waals surface area (Å²) < 4.78 is 7.92. The highest BCUT2D eigenvalue weighted by atomic mass is 79.9. The molecule has 1 aromatic heterocycles. The maximum Gasteiger partial charge on any atom is 0.229 e. The van der Waals surface area contributed by atoms with Crippen LogP contribution in [0, 0.1) is 6.92 Å². The summed E-state index contributed by atoms with van der Waals surface area (Å²) in [6.07, 6.45) is 0.265. The standard InChI is InChI=1S/C20H20BrN3O2/c1-13-19(15-7-9-16(21)10-8-15)20(24(2)23-13)22-18(25)12-14-5-4-6-17(11-14)26-3/h4-11H,12H2,1-3H3,(H,22,25). The second kappa shape index (κ2) is 7.74. The van der Waals surface area contributed by atoms with E-state index in [9.17, 15) is 4.79 Å². The lowest BCUT2D eigenvalue weighted by atomic mass is 10.1. The normalized spacial score (nSPS) is 10.6. The van der Waals surface area contributed by atoms with Gasteiger partial charge in [-0.2, -0.15) is 5.10 Å². The van der Waals surface area contributed by atoms with Crippen LogP contribution in [0.1, 0.15) is 11.3 Å². The number of amides is 1. The molecule has 0 bridgehead atoms. The molecule has 0 aliphatic rings. The summed E-state index contributed by atoms with van der Waals surface area (Å²) in [6.45, 7) is 1.94. The van der Waals surface area contributed by atoms with E-state index in [0.29, 0.717) is 5.82 Å². The molecular weight excluding hydrogens is 394 g/mol. The van der Waals surface area contributed by atoms with E-state index in [0.717, 1.165) is 32.6 Å². The molecule has 0 saturated carbocycles. The molecule has 3 rings (SSSR count). The molecular formula is C20H20BrN3O2. The molecule has 0 saturated heterocycles. The first-order valence-corrected chi connectivity index (χ1v) is 8.99. The summed E-state index contributed by atoms with van der Waals surface area (Å²) in [6, 6.07) is 15.5. The second-order valence-corrected chi connectivity index (χ2v) is 6.93. The third-order valence-corrected chi connectivity index (χ3v) is 4.64. The van der Waals surface area contributed by atoms with Crippen LogP contribution in [-0.4, -0.2) is 22.8 Å². The van der Waals surface area contributed by atoms with E-state index in [-0.39, 0.29) is 12.3 Å². The Bertz CT molecular complexity index is 933. The van der Waals surface area contributed by atoms with Gasteiger partial charge in [0.25, 0.3) is 0 Å². The van der Waals surface area contributed by atoms with Crippen LogP contribution in [0.15, 0.2) is 53.0 Å². The zero-order valence-corrected chi connectivity index (χ0v) is 16.5. The largest absolute Gasteiger partial charge is 0.497 e. The molecule has 0 unspecified atom stereocenters. The third-order valence-electron chi connectivity index (χ3n) is 4.11. The van der Waals surface area contributed by atoms with Crippen molar-refractivity contribution in [2.45, 2.75) is 13.3 Å². The maximum atomic E-state index is 12.6. The summed E-state index contributed by atoms with van der Waals surface area (Å²) in [5, 5.41) is 7.48. The highest BCUT2D eigenvalue weighted by Crippen LogP contribution is 2.32. The van der Waals surface area contributed by atoms with E-state index < -0.39 is 0 Å². The number of methoxy groups -OCH3 is 1. The number of carbonyl (C=O) groups excluding carboxylic acids is 1. The summed E-state index contributed by atoms with van der Waals surface area (Å²) >= 11 is 3.45. The molecule has 0 radical (unpaired) electrons. The Morgan fingerprint density at radius 1 is 1.23 bits per heavy atom. The number of rotatable bonds is 5. The summed E-state index contributed by atoms with van der Waals surface area (Å²) in [7, 11) is 3.44. The van der Waals surface area contributed by atoms with E-state index >= 15 is 0 Å². The van der Waals surface area contributed by atoms with Crippen molar-refractivity contribution in [3.8, 4) is 16.9 Å². The topological polar surface area (TPSA) is 56.1 Å². The minimum Gasteiger partial charge on any atom is -0.497 e. The molecule has 0 aliphatic heterocycles. The van der Waals surface area contributed by atoms with E-state index in [2.05, 4.69) is 26.3 Å². The van der Waals surface area contributed by atoms with E-state index in [4.69, 9.17) is 4.74 Å². The van der Waals surface area contributed by atoms with Crippen LogP contribution in [-0.2, 0) is 18.3 Å². The highest BCUT2D eigenvalue weighted by molar-refractivity contribution is 9.10. The van der Waals surface area contributed by atoms with Gasteiger partial charge in [0, 0.05) is 17.1 Å². The van der Waals surface area contributed by atoms with Crippen molar-refractivity contribution < 1.29 is 9.53 Å². The van der Waals surface area contributed by atoms with Crippen molar-refractivity contribution in [2.75, 3.05) is 12.4 Å². The lowest BCUT2D eigenvalue weighted by Crippen LogP contribution is -2.17. The van der Waals surface area contributed by atoms with Crippen LogP contribution < -0.4 is 10.1 Å². The van der Waals surface area contributed by atoms with Gasteiger partial charge in [0.2, 0.25) is 5.91 Å². The molecule has 3 aromatic rings. The van der Waals surface area contributed by atoms with Gasteiger partial charge in [-0.15, -0.1) is 0 Å². The Kier molecular flexibility index (Phi) is 5.42. The molecule has 0 aliphatic carbocycles. The van der Waals surface area contributed by atoms with Gasteiger partial charge in [-0.1, -0.05) is 40.2 Å². The van der Waals surface area contributed by atoms with Gasteiger partial charge >= 0.3 is 0 Å². The first kappa shape index (κ1) is 18.2. The lowest BCUT2D eigenvalue weighted by molar-refractivity contribution is -0.115. The van der Waals surface area contributed by atoms with Crippen molar-refractivity contribution in [3.63, 3.8) is 0 Å². The van der Waals surface area contributed by atoms with E-state index in [1.807, 2.05) is 62.5 Å². The summed E-state index contributed by atoms with van der Waals surface area (Å²) in [4.78, 5) is 12.6. The number of aromatic nitrogens is 2. The zero-order valence-electron chi connectivity index (χ0n) is 14.9. The first-order chi connectivity index (χ1) is 12.5. The third kappa shape index (κ3) is 3.96. The van der Waals surface area contributed by atoms with Crippen LogP contribution in [0.4, 0.5) is 5.82 Å². The molecule has 1 N–H and O–H groups in total. The van der Waals surface area contributed by atoms with Crippen molar-refractivity contribution in [1.82, 2.24) is 9.78 Å². The number of anilines is 1. The minimum atomic E-state index is -0.0976. The molecule has 5 nitrogen and oxygen atoms in total. The zero-order chi connectivity index (χ0) is 18.7. The molecule has 0 atom stereocenters. The number of ether oxygens (including phenoxy) is 1. The number of nitrogens with one attached hydrogen (secondary N) is 1.